The third-order valence-electron chi connectivity index (χ3n) is 3.84. The molecule has 0 amide bonds. The van der Waals surface area contributed by atoms with Crippen LogP contribution in [0.4, 0.5) is 0 Å². The molecular formula is C13H27NO. The zero-order valence-corrected chi connectivity index (χ0v) is 10.6. The SMILES string of the molecule is CCC1CCCCC1(CO)NCC(C)C. The summed E-state index contributed by atoms with van der Waals surface area (Å²) in [5.74, 6) is 1.32. The summed E-state index contributed by atoms with van der Waals surface area (Å²) in [6.07, 6.45) is 6.22. The summed E-state index contributed by atoms with van der Waals surface area (Å²) >= 11 is 0. The quantitative estimate of drug-likeness (QED) is 0.735. The molecule has 1 fully saturated rings. The van der Waals surface area contributed by atoms with E-state index in [0.29, 0.717) is 18.4 Å². The van der Waals surface area contributed by atoms with Crippen LogP contribution in [-0.2, 0) is 0 Å². The summed E-state index contributed by atoms with van der Waals surface area (Å²) in [5, 5.41) is 13.3. The number of rotatable bonds is 5. The summed E-state index contributed by atoms with van der Waals surface area (Å²) in [6, 6.07) is 0. The van der Waals surface area contributed by atoms with Crippen molar-refractivity contribution in [2.45, 2.75) is 58.4 Å². The highest BCUT2D eigenvalue weighted by Gasteiger charge is 2.38. The number of hydrogen-bond acceptors (Lipinski definition) is 2. The van der Waals surface area contributed by atoms with E-state index in [1.54, 1.807) is 0 Å². The molecule has 2 unspecified atom stereocenters. The topological polar surface area (TPSA) is 32.3 Å². The van der Waals surface area contributed by atoms with E-state index in [0.717, 1.165) is 13.0 Å². The van der Waals surface area contributed by atoms with Crippen LogP contribution in [0.1, 0.15) is 52.9 Å². The molecule has 1 aliphatic rings. The molecule has 2 heteroatoms. The van der Waals surface area contributed by atoms with Gasteiger partial charge in [-0.15, -0.1) is 0 Å². The zero-order chi connectivity index (χ0) is 11.3. The van der Waals surface area contributed by atoms with Gasteiger partial charge in [0.2, 0.25) is 0 Å². The molecule has 0 saturated heterocycles. The van der Waals surface area contributed by atoms with Crippen LogP contribution >= 0.6 is 0 Å². The van der Waals surface area contributed by atoms with Gasteiger partial charge in [-0.25, -0.2) is 0 Å². The van der Waals surface area contributed by atoms with Crippen LogP contribution in [0.25, 0.3) is 0 Å². The molecule has 0 radical (unpaired) electrons. The van der Waals surface area contributed by atoms with Crippen molar-refractivity contribution in [3.05, 3.63) is 0 Å². The summed E-state index contributed by atoms with van der Waals surface area (Å²) in [4.78, 5) is 0. The van der Waals surface area contributed by atoms with Gasteiger partial charge in [-0.1, -0.05) is 40.0 Å². The van der Waals surface area contributed by atoms with E-state index in [2.05, 4.69) is 26.1 Å². The van der Waals surface area contributed by atoms with Gasteiger partial charge in [0.15, 0.2) is 0 Å². The molecule has 15 heavy (non-hydrogen) atoms. The van der Waals surface area contributed by atoms with Crippen molar-refractivity contribution >= 4 is 0 Å². The first-order valence-electron chi connectivity index (χ1n) is 6.50. The Kier molecular flexibility index (Phi) is 5.07. The molecule has 1 saturated carbocycles. The Hall–Kier alpha value is -0.0800. The Morgan fingerprint density at radius 1 is 1.40 bits per heavy atom. The second kappa shape index (κ2) is 5.86. The second-order valence-corrected chi connectivity index (χ2v) is 5.44. The van der Waals surface area contributed by atoms with Gasteiger partial charge < -0.3 is 10.4 Å². The lowest BCUT2D eigenvalue weighted by molar-refractivity contribution is 0.0614. The third-order valence-corrected chi connectivity index (χ3v) is 3.84. The highest BCUT2D eigenvalue weighted by molar-refractivity contribution is 4.96. The van der Waals surface area contributed by atoms with Gasteiger partial charge in [0.1, 0.15) is 0 Å². The van der Waals surface area contributed by atoms with E-state index < -0.39 is 0 Å². The first kappa shape index (κ1) is 13.0. The molecule has 1 aliphatic carbocycles. The maximum absolute atomic E-state index is 9.69. The van der Waals surface area contributed by atoms with Crippen LogP contribution in [0.2, 0.25) is 0 Å². The fourth-order valence-corrected chi connectivity index (χ4v) is 2.81. The Balaban J connectivity index is 2.61. The summed E-state index contributed by atoms with van der Waals surface area (Å²) in [6.45, 7) is 8.02. The molecule has 0 aromatic rings. The molecule has 0 aromatic heterocycles. The van der Waals surface area contributed by atoms with E-state index in [1.165, 1.54) is 25.7 Å². The van der Waals surface area contributed by atoms with E-state index in [-0.39, 0.29) is 5.54 Å². The molecule has 0 bridgehead atoms. The Bertz CT molecular complexity index is 181. The van der Waals surface area contributed by atoms with E-state index >= 15 is 0 Å². The predicted octanol–water partition coefficient (Wildman–Crippen LogP) is 2.56. The standard InChI is InChI=1S/C13H27NO/c1-4-12-7-5-6-8-13(12,10-15)14-9-11(2)3/h11-12,14-15H,4-10H2,1-3H3. The first-order valence-corrected chi connectivity index (χ1v) is 6.50. The number of aliphatic hydroxyl groups excluding tert-OH is 1. The Labute approximate surface area is 94.5 Å². The van der Waals surface area contributed by atoms with Crippen molar-refractivity contribution in [2.75, 3.05) is 13.2 Å². The van der Waals surface area contributed by atoms with E-state index in [9.17, 15) is 5.11 Å². The van der Waals surface area contributed by atoms with Crippen LogP contribution in [0, 0.1) is 11.8 Å². The minimum atomic E-state index is 0.0251. The summed E-state index contributed by atoms with van der Waals surface area (Å²) in [5.41, 5.74) is 0.0251. The molecule has 2 N–H and O–H groups in total. The second-order valence-electron chi connectivity index (χ2n) is 5.44. The van der Waals surface area contributed by atoms with Gasteiger partial charge in [0.05, 0.1) is 6.61 Å². The average Bonchev–Trinajstić information content (AvgIpc) is 2.26. The van der Waals surface area contributed by atoms with Crippen LogP contribution in [0.5, 0.6) is 0 Å². The molecular weight excluding hydrogens is 186 g/mol. The van der Waals surface area contributed by atoms with E-state index in [4.69, 9.17) is 0 Å². The van der Waals surface area contributed by atoms with Crippen molar-refractivity contribution in [1.82, 2.24) is 5.32 Å². The van der Waals surface area contributed by atoms with Crippen molar-refractivity contribution in [3.63, 3.8) is 0 Å². The highest BCUT2D eigenvalue weighted by atomic mass is 16.3. The monoisotopic (exact) mass is 213 g/mol. The Morgan fingerprint density at radius 3 is 2.67 bits per heavy atom. The molecule has 0 aliphatic heterocycles. The molecule has 1 rings (SSSR count). The van der Waals surface area contributed by atoms with Crippen molar-refractivity contribution in [2.24, 2.45) is 11.8 Å². The average molecular weight is 213 g/mol. The number of hydrogen-bond donors (Lipinski definition) is 2. The molecule has 2 nitrogen and oxygen atoms in total. The predicted molar refractivity (Wildman–Crippen MR) is 64.9 cm³/mol. The summed E-state index contributed by atoms with van der Waals surface area (Å²) < 4.78 is 0. The Morgan fingerprint density at radius 2 is 2.13 bits per heavy atom. The third kappa shape index (κ3) is 3.18. The maximum atomic E-state index is 9.69. The molecule has 90 valence electrons. The number of nitrogens with one attached hydrogen (secondary N) is 1. The maximum Gasteiger partial charge on any atom is 0.0616 e. The smallest absolute Gasteiger partial charge is 0.0616 e. The number of aliphatic hydroxyl groups is 1. The highest BCUT2D eigenvalue weighted by Crippen LogP contribution is 2.35. The van der Waals surface area contributed by atoms with Gasteiger partial charge >= 0.3 is 0 Å². The zero-order valence-electron chi connectivity index (χ0n) is 10.6. The van der Waals surface area contributed by atoms with E-state index in [1.807, 2.05) is 0 Å². The molecule has 0 spiro atoms. The largest absolute Gasteiger partial charge is 0.394 e. The van der Waals surface area contributed by atoms with Crippen LogP contribution in [-0.4, -0.2) is 23.8 Å². The van der Waals surface area contributed by atoms with Crippen molar-refractivity contribution in [3.8, 4) is 0 Å². The lowest BCUT2D eigenvalue weighted by Gasteiger charge is -2.44. The first-order chi connectivity index (χ1) is 7.14. The fourth-order valence-electron chi connectivity index (χ4n) is 2.81. The minimum Gasteiger partial charge on any atom is -0.394 e. The fraction of sp³-hybridized carbons (Fsp3) is 1.00. The van der Waals surface area contributed by atoms with Gasteiger partial charge in [0, 0.05) is 5.54 Å². The van der Waals surface area contributed by atoms with Crippen LogP contribution in [0.3, 0.4) is 0 Å². The lowest BCUT2D eigenvalue weighted by atomic mass is 9.71. The minimum absolute atomic E-state index is 0.0251. The van der Waals surface area contributed by atoms with Crippen LogP contribution < -0.4 is 5.32 Å². The normalized spacial score (nSPS) is 32.2. The van der Waals surface area contributed by atoms with Crippen LogP contribution in [0.15, 0.2) is 0 Å². The molecule has 0 heterocycles. The molecule has 2 atom stereocenters. The van der Waals surface area contributed by atoms with Gasteiger partial charge in [-0.2, -0.15) is 0 Å². The van der Waals surface area contributed by atoms with Gasteiger partial charge in [0.25, 0.3) is 0 Å². The van der Waals surface area contributed by atoms with Gasteiger partial charge in [-0.05, 0) is 31.2 Å². The molecule has 0 aromatic carbocycles. The van der Waals surface area contributed by atoms with Crippen molar-refractivity contribution < 1.29 is 5.11 Å². The lowest BCUT2D eigenvalue weighted by Crippen LogP contribution is -2.56. The van der Waals surface area contributed by atoms with Gasteiger partial charge in [-0.3, -0.25) is 0 Å². The van der Waals surface area contributed by atoms with Crippen molar-refractivity contribution in [1.29, 1.82) is 0 Å². The summed E-state index contributed by atoms with van der Waals surface area (Å²) in [7, 11) is 0.